The van der Waals surface area contributed by atoms with Crippen LogP contribution >= 0.6 is 34.3 Å². The quantitative estimate of drug-likeness (QED) is 0.492. The molecule has 154 valence electrons. The molecule has 0 aliphatic heterocycles. The van der Waals surface area contributed by atoms with Gasteiger partial charge in [-0.3, -0.25) is 4.72 Å². The maximum atomic E-state index is 13.6. The molecule has 2 heterocycles. The molecule has 3 aromatic rings. The number of aromatic nitrogens is 1. The number of thiophene rings is 1. The zero-order valence-corrected chi connectivity index (χ0v) is 18.8. The summed E-state index contributed by atoms with van der Waals surface area (Å²) in [7, 11) is -4.00. The Morgan fingerprint density at radius 1 is 1.24 bits per heavy atom. The van der Waals surface area contributed by atoms with Crippen LogP contribution in [-0.4, -0.2) is 26.0 Å². The largest absolute Gasteiger partial charge is 0.462 e. The maximum absolute atomic E-state index is 13.6. The molecule has 11 heteroatoms. The molecule has 0 atom stereocenters. The summed E-state index contributed by atoms with van der Waals surface area (Å²) in [4.78, 5) is 16.2. The molecule has 0 aliphatic rings. The molecule has 0 radical (unpaired) electrons. The third-order valence-electron chi connectivity index (χ3n) is 3.90. The van der Waals surface area contributed by atoms with Gasteiger partial charge in [-0.15, -0.1) is 11.3 Å². The van der Waals surface area contributed by atoms with Gasteiger partial charge in [0.2, 0.25) is 0 Å². The van der Waals surface area contributed by atoms with Crippen molar-refractivity contribution in [3.63, 3.8) is 0 Å². The van der Waals surface area contributed by atoms with Crippen molar-refractivity contribution in [2.24, 2.45) is 0 Å². The van der Waals surface area contributed by atoms with Gasteiger partial charge in [-0.1, -0.05) is 29.0 Å². The van der Waals surface area contributed by atoms with Gasteiger partial charge in [-0.05, 0) is 50.1 Å². The highest BCUT2D eigenvalue weighted by Gasteiger charge is 2.24. The second-order valence-corrected chi connectivity index (χ2v) is 10.5. The van der Waals surface area contributed by atoms with Gasteiger partial charge < -0.3 is 4.74 Å². The summed E-state index contributed by atoms with van der Waals surface area (Å²) in [5.41, 5.74) is 2.07. The zero-order valence-electron chi connectivity index (χ0n) is 15.6. The monoisotopic (exact) mass is 474 g/mol. The van der Waals surface area contributed by atoms with E-state index in [-0.39, 0.29) is 25.2 Å². The first-order valence-electron chi connectivity index (χ1n) is 8.35. The summed E-state index contributed by atoms with van der Waals surface area (Å²) in [6.07, 6.45) is 0. The third-order valence-corrected chi connectivity index (χ3v) is 8.25. The van der Waals surface area contributed by atoms with Gasteiger partial charge in [0.15, 0.2) is 5.13 Å². The highest BCUT2D eigenvalue weighted by Crippen LogP contribution is 2.40. The Balaban J connectivity index is 1.92. The minimum absolute atomic E-state index is 0.0403. The molecule has 1 aromatic carbocycles. The summed E-state index contributed by atoms with van der Waals surface area (Å²) >= 11 is 7.99. The summed E-state index contributed by atoms with van der Waals surface area (Å²) in [5.74, 6) is -1.00. The number of ether oxygens (including phenoxy) is 1. The summed E-state index contributed by atoms with van der Waals surface area (Å²) < 4.78 is 46.7. The molecule has 29 heavy (non-hydrogen) atoms. The topological polar surface area (TPSA) is 85.4 Å². The van der Waals surface area contributed by atoms with E-state index in [4.69, 9.17) is 16.3 Å². The molecule has 0 fully saturated rings. The van der Waals surface area contributed by atoms with Gasteiger partial charge in [0.25, 0.3) is 10.0 Å². The molecule has 0 spiro atoms. The fourth-order valence-electron chi connectivity index (χ4n) is 2.54. The number of hydrogen-bond donors (Lipinski definition) is 1. The van der Waals surface area contributed by atoms with E-state index >= 15 is 0 Å². The van der Waals surface area contributed by atoms with Crippen LogP contribution in [0.25, 0.3) is 11.1 Å². The van der Waals surface area contributed by atoms with E-state index in [2.05, 4.69) is 9.71 Å². The lowest BCUT2D eigenvalue weighted by atomic mass is 10.0. The fraction of sp³-hybridized carbons (Fsp3) is 0.222. The molecule has 0 bridgehead atoms. The zero-order chi connectivity index (χ0) is 21.3. The van der Waals surface area contributed by atoms with Crippen LogP contribution in [0.1, 0.15) is 27.9 Å². The van der Waals surface area contributed by atoms with Crippen LogP contribution in [0.2, 0.25) is 4.34 Å². The molecule has 6 nitrogen and oxygen atoms in total. The van der Waals surface area contributed by atoms with Gasteiger partial charge in [-0.25, -0.2) is 22.6 Å². The number of carbonyl (C=O) groups excluding carboxylic acids is 1. The molecule has 0 saturated carbocycles. The number of benzene rings is 1. The third kappa shape index (κ3) is 4.61. The van der Waals surface area contributed by atoms with Crippen LogP contribution in [-0.2, 0) is 14.8 Å². The van der Waals surface area contributed by atoms with E-state index in [1.807, 2.05) is 0 Å². The van der Waals surface area contributed by atoms with E-state index in [1.54, 1.807) is 26.8 Å². The molecule has 2 aromatic heterocycles. The van der Waals surface area contributed by atoms with Crippen molar-refractivity contribution >= 4 is 55.4 Å². The van der Waals surface area contributed by atoms with Crippen LogP contribution in [0.5, 0.6) is 0 Å². The number of hydrogen-bond acceptors (Lipinski definition) is 7. The van der Waals surface area contributed by atoms with Gasteiger partial charge >= 0.3 is 5.97 Å². The lowest BCUT2D eigenvalue weighted by molar-refractivity contribution is 0.0531. The number of carbonyl (C=O) groups is 1. The number of thiazole rings is 1. The number of anilines is 1. The maximum Gasteiger partial charge on any atom is 0.350 e. The summed E-state index contributed by atoms with van der Waals surface area (Å²) in [5, 5.41) is 0.0403. The normalized spacial score (nSPS) is 11.5. The van der Waals surface area contributed by atoms with Crippen molar-refractivity contribution in [2.45, 2.75) is 25.0 Å². The number of nitrogens with zero attached hydrogens (tertiary/aromatic N) is 1. The SMILES string of the molecule is CCOC(=O)c1sc(NS(=O)(=O)c2cc(-c3cc(F)ccc3C)c(Cl)s2)nc1C. The van der Waals surface area contributed by atoms with Gasteiger partial charge in [0, 0.05) is 5.56 Å². The highest BCUT2D eigenvalue weighted by molar-refractivity contribution is 7.95. The van der Waals surface area contributed by atoms with E-state index in [1.165, 1.54) is 18.2 Å². The fourth-order valence-corrected chi connectivity index (χ4v) is 6.38. The standard InChI is InChI=1S/C18H16ClFN2O4S3/c1-4-26-17(23)15-10(3)21-18(28-15)22-29(24,25)14-8-13(16(19)27-14)12-7-11(20)6-5-9(12)2/h5-8H,4H2,1-3H3,(H,21,22). The van der Waals surface area contributed by atoms with Gasteiger partial charge in [0.05, 0.1) is 12.3 Å². The van der Waals surface area contributed by atoms with E-state index < -0.39 is 21.8 Å². The average Bonchev–Trinajstić information content (AvgIpc) is 3.20. The lowest BCUT2D eigenvalue weighted by Gasteiger charge is -2.04. The summed E-state index contributed by atoms with van der Waals surface area (Å²) in [6.45, 7) is 5.25. The lowest BCUT2D eigenvalue weighted by Crippen LogP contribution is -2.11. The second kappa shape index (κ2) is 8.39. The number of nitrogens with one attached hydrogen (secondary N) is 1. The molecule has 0 amide bonds. The van der Waals surface area contributed by atoms with E-state index in [0.29, 0.717) is 16.8 Å². The molecule has 0 aliphatic carbocycles. The Kier molecular flexibility index (Phi) is 6.27. The molecule has 0 saturated heterocycles. The number of sulfonamides is 1. The van der Waals surface area contributed by atoms with Crippen molar-refractivity contribution in [3.05, 3.63) is 50.6 Å². The first-order chi connectivity index (χ1) is 13.6. The Morgan fingerprint density at radius 3 is 2.66 bits per heavy atom. The molecule has 3 rings (SSSR count). The molecular formula is C18H16ClFN2O4S3. The second-order valence-electron chi connectivity index (χ2n) is 5.97. The highest BCUT2D eigenvalue weighted by atomic mass is 35.5. The Labute approximate surface area is 180 Å². The van der Waals surface area contributed by atoms with Crippen molar-refractivity contribution in [2.75, 3.05) is 11.3 Å². The van der Waals surface area contributed by atoms with Gasteiger partial charge in [0.1, 0.15) is 19.2 Å². The van der Waals surface area contributed by atoms with Crippen molar-refractivity contribution < 1.29 is 22.3 Å². The first kappa shape index (κ1) is 21.7. The van der Waals surface area contributed by atoms with Crippen molar-refractivity contribution in [3.8, 4) is 11.1 Å². The number of esters is 1. The predicted octanol–water partition coefficient (Wildman–Crippen LogP) is 5.26. The smallest absolute Gasteiger partial charge is 0.350 e. The Hall–Kier alpha value is -2.01. The van der Waals surface area contributed by atoms with Crippen LogP contribution in [0.3, 0.4) is 0 Å². The Morgan fingerprint density at radius 2 is 1.97 bits per heavy atom. The molecular weight excluding hydrogens is 459 g/mol. The molecule has 0 unspecified atom stereocenters. The van der Waals surface area contributed by atoms with Crippen LogP contribution in [0.15, 0.2) is 28.5 Å². The van der Waals surface area contributed by atoms with E-state index in [0.717, 1.165) is 28.2 Å². The van der Waals surface area contributed by atoms with Crippen LogP contribution in [0, 0.1) is 19.7 Å². The van der Waals surface area contributed by atoms with Crippen molar-refractivity contribution in [1.29, 1.82) is 0 Å². The van der Waals surface area contributed by atoms with E-state index in [9.17, 15) is 17.6 Å². The average molecular weight is 475 g/mol. The number of aryl methyl sites for hydroxylation is 2. The number of rotatable bonds is 6. The minimum atomic E-state index is -4.00. The summed E-state index contributed by atoms with van der Waals surface area (Å²) in [6, 6.07) is 5.62. The predicted molar refractivity (Wildman–Crippen MR) is 113 cm³/mol. The van der Waals surface area contributed by atoms with Gasteiger partial charge in [-0.2, -0.15) is 0 Å². The van der Waals surface area contributed by atoms with Crippen LogP contribution in [0.4, 0.5) is 9.52 Å². The first-order valence-corrected chi connectivity index (χ1v) is 11.8. The number of halogens is 2. The minimum Gasteiger partial charge on any atom is -0.462 e. The van der Waals surface area contributed by atoms with Crippen LogP contribution < -0.4 is 4.72 Å². The Bertz CT molecular complexity index is 1190. The molecule has 1 N–H and O–H groups in total. The van der Waals surface area contributed by atoms with Crippen molar-refractivity contribution in [1.82, 2.24) is 4.98 Å².